The van der Waals surface area contributed by atoms with Crippen LogP contribution in [0.5, 0.6) is 0 Å². The van der Waals surface area contributed by atoms with Crippen LogP contribution < -0.4 is 0 Å². The van der Waals surface area contributed by atoms with Gasteiger partial charge in [0.25, 0.3) is 0 Å². The highest BCUT2D eigenvalue weighted by Gasteiger charge is 2.47. The monoisotopic (exact) mass is 1000 g/mol. The molecule has 3 heterocycles. The van der Waals surface area contributed by atoms with Gasteiger partial charge in [-0.25, -0.2) is 19.2 Å². The Morgan fingerprint density at radius 3 is 2.11 bits per heavy atom. The number of carbonyl (C=O) groups excluding carboxylic acids is 3. The Labute approximate surface area is 430 Å². The van der Waals surface area contributed by atoms with Crippen LogP contribution in [0.1, 0.15) is 155 Å². The molecular formula is C60H74O13. The summed E-state index contributed by atoms with van der Waals surface area (Å²) in [5.74, 6) is -3.79. The lowest BCUT2D eigenvalue weighted by Crippen LogP contribution is -2.38. The fraction of sp³-hybridized carbons (Fsp3) is 0.467. The molecule has 0 saturated carbocycles. The molecule has 0 radical (unpaired) electrons. The van der Waals surface area contributed by atoms with Gasteiger partial charge in [-0.3, -0.25) is 0 Å². The van der Waals surface area contributed by atoms with Crippen molar-refractivity contribution in [3.05, 3.63) is 165 Å². The van der Waals surface area contributed by atoms with Gasteiger partial charge in [-0.2, -0.15) is 0 Å². The second-order valence-electron chi connectivity index (χ2n) is 20.5. The van der Waals surface area contributed by atoms with E-state index in [1.54, 1.807) is 67.6 Å². The van der Waals surface area contributed by atoms with Crippen LogP contribution in [0.4, 0.5) is 0 Å². The number of carboxylic acids is 1. The minimum atomic E-state index is -0.928. The fourth-order valence-corrected chi connectivity index (χ4v) is 9.89. The number of hydrogen-bond acceptors (Lipinski definition) is 12. The van der Waals surface area contributed by atoms with Gasteiger partial charge in [-0.15, -0.1) is 0 Å². The molecule has 4 aromatic rings. The van der Waals surface area contributed by atoms with Crippen LogP contribution in [0.25, 0.3) is 0 Å². The molecule has 0 bridgehead atoms. The molecule has 3 aliphatic rings. The summed E-state index contributed by atoms with van der Waals surface area (Å²) in [6, 6.07) is 25.6. The maximum atomic E-state index is 13.1. The lowest BCUT2D eigenvalue weighted by atomic mass is 9.93. The Balaban J connectivity index is 0.000000238. The van der Waals surface area contributed by atoms with Gasteiger partial charge in [-0.05, 0) is 173 Å². The Kier molecular flexibility index (Phi) is 19.5. The number of carbonyl (C=O) groups is 4. The van der Waals surface area contributed by atoms with E-state index < -0.39 is 60.0 Å². The third-order valence-corrected chi connectivity index (χ3v) is 12.9. The van der Waals surface area contributed by atoms with Crippen molar-refractivity contribution < 1.29 is 62.5 Å². The predicted molar refractivity (Wildman–Crippen MR) is 278 cm³/mol. The van der Waals surface area contributed by atoms with E-state index in [2.05, 4.69) is 6.07 Å². The van der Waals surface area contributed by atoms with E-state index in [1.165, 1.54) is 0 Å². The van der Waals surface area contributed by atoms with Crippen molar-refractivity contribution in [3.8, 4) is 0 Å². The molecule has 2 saturated heterocycles. The molecular weight excluding hydrogens is 929 g/mol. The lowest BCUT2D eigenvalue weighted by Gasteiger charge is -2.25. The number of hydrogen-bond donors (Lipinski definition) is 2. The number of esters is 3. The summed E-state index contributed by atoms with van der Waals surface area (Å²) in [6.07, 6.45) is 8.25. The van der Waals surface area contributed by atoms with Gasteiger partial charge in [0.05, 0.1) is 40.6 Å². The number of rotatable bonds is 13. The first-order valence-electron chi connectivity index (χ1n) is 25.5. The highest BCUT2D eigenvalue weighted by Crippen LogP contribution is 2.37. The van der Waals surface area contributed by atoms with Crippen molar-refractivity contribution in [1.29, 1.82) is 0 Å². The summed E-state index contributed by atoms with van der Waals surface area (Å²) in [6.45, 7) is 18.7. The quantitative estimate of drug-likeness (QED) is 0.0736. The van der Waals surface area contributed by atoms with Crippen molar-refractivity contribution in [3.63, 3.8) is 0 Å². The van der Waals surface area contributed by atoms with Crippen LogP contribution in [0, 0.1) is 27.7 Å². The number of aliphatic hydroxyl groups is 1. The molecule has 13 heteroatoms. The molecule has 8 atom stereocenters. The Hall–Kier alpha value is -5.96. The second-order valence-corrected chi connectivity index (χ2v) is 20.5. The van der Waals surface area contributed by atoms with E-state index in [9.17, 15) is 29.4 Å². The van der Waals surface area contributed by atoms with E-state index >= 15 is 0 Å². The zero-order valence-electron chi connectivity index (χ0n) is 44.1. The highest BCUT2D eigenvalue weighted by molar-refractivity contribution is 5.93. The van der Waals surface area contributed by atoms with Crippen molar-refractivity contribution in [2.24, 2.45) is 0 Å². The number of ether oxygens (including phenoxy) is 7. The minimum absolute atomic E-state index is 0.264. The van der Waals surface area contributed by atoms with Crippen molar-refractivity contribution in [2.75, 3.05) is 0 Å². The number of fused-ring (bicyclic) bond motifs is 2. The summed E-state index contributed by atoms with van der Waals surface area (Å²) < 4.78 is 42.6. The molecule has 0 amide bonds. The van der Waals surface area contributed by atoms with Gasteiger partial charge in [0.2, 0.25) is 0 Å². The summed E-state index contributed by atoms with van der Waals surface area (Å²) in [5, 5.41) is 19.4. The first kappa shape index (κ1) is 56.3. The maximum Gasteiger partial charge on any atom is 0.338 e. The molecule has 4 aromatic carbocycles. The first-order chi connectivity index (χ1) is 34.6. The van der Waals surface area contributed by atoms with E-state index in [4.69, 9.17) is 33.2 Å². The Morgan fingerprint density at radius 1 is 0.822 bits per heavy atom. The van der Waals surface area contributed by atoms with Gasteiger partial charge < -0.3 is 43.4 Å². The average Bonchev–Trinajstić information content (AvgIpc) is 3.80. The standard InChI is InChI=1S/C30H38O7.C30H36O6/c1-19-17-20(2)26(28(32)33)23(18-19)14-10-16-25-27(37-30(4,5)36-25)24(15-9-11-21(3)31)35-29(34)22-12-7-6-8-13-22;1-19-17-20(2)26-23(18-19)14-10-16-25-27(36-30(4,5)35-25)24(15-9-11-21(3)33-29(26)32)34-28(31)22-12-7-6-8-13-22/h6-9,12-13,15,17-18,21,24-25,27,31H,10-11,14,16H2,1-5H3,(H,32,33);6-9,12-13,15,17-18,21,24-25,27H,10-11,14,16H2,1-5H3/b2*15-9-/t2*21-,24?,25-,27+/m00/s1. The van der Waals surface area contributed by atoms with Crippen LogP contribution in [-0.2, 0) is 46.0 Å². The molecule has 2 N–H and O–H groups in total. The molecule has 0 aliphatic carbocycles. The molecule has 73 heavy (non-hydrogen) atoms. The third-order valence-electron chi connectivity index (χ3n) is 12.9. The maximum absolute atomic E-state index is 13.1. The van der Waals surface area contributed by atoms with Crippen LogP contribution in [0.2, 0.25) is 0 Å². The summed E-state index contributed by atoms with van der Waals surface area (Å²) >= 11 is 0. The Bertz CT molecular complexity index is 2580. The number of aromatic carboxylic acids is 1. The minimum Gasteiger partial charge on any atom is -0.478 e. The normalized spacial score (nSPS) is 23.8. The highest BCUT2D eigenvalue weighted by atomic mass is 16.8. The average molecular weight is 1000 g/mol. The first-order valence-corrected chi connectivity index (χ1v) is 25.5. The SMILES string of the molecule is Cc1cc(C)c(C(=O)O)c(CCC[C@@H]2OC(C)(C)O[C@@H]2C(/C=C\C[C@H](C)O)OC(=O)c2ccccc2)c1.Cc1cc(C)c2c(c1)CCC[C@@H]1OC(C)(C)O[C@@H]1C(OC(=O)c1ccccc1)/C=C\C[C@H](C)OC2=O. The summed E-state index contributed by atoms with van der Waals surface area (Å²) in [4.78, 5) is 50.7. The lowest BCUT2D eigenvalue weighted by molar-refractivity contribution is -0.153. The summed E-state index contributed by atoms with van der Waals surface area (Å²) in [5.41, 5.74) is 7.51. The molecule has 392 valence electrons. The molecule has 7 rings (SSSR count). The smallest absolute Gasteiger partial charge is 0.338 e. The molecule has 3 aliphatic heterocycles. The number of aryl methyl sites for hydroxylation is 6. The number of benzene rings is 4. The van der Waals surface area contributed by atoms with Crippen LogP contribution >= 0.6 is 0 Å². The molecule has 0 spiro atoms. The van der Waals surface area contributed by atoms with Gasteiger partial charge in [0, 0.05) is 6.42 Å². The van der Waals surface area contributed by atoms with Crippen molar-refractivity contribution >= 4 is 23.9 Å². The van der Waals surface area contributed by atoms with Gasteiger partial charge >= 0.3 is 23.9 Å². The Morgan fingerprint density at radius 2 is 1.45 bits per heavy atom. The van der Waals surface area contributed by atoms with Gasteiger partial charge in [-0.1, -0.05) is 83.9 Å². The van der Waals surface area contributed by atoms with Crippen LogP contribution in [0.3, 0.4) is 0 Å². The van der Waals surface area contributed by atoms with Crippen LogP contribution in [-0.4, -0.2) is 94.5 Å². The van der Waals surface area contributed by atoms with Gasteiger partial charge in [0.1, 0.15) is 30.5 Å². The molecule has 0 aromatic heterocycles. The molecule has 13 nitrogen and oxygen atoms in total. The number of aliphatic hydroxyl groups excluding tert-OH is 1. The van der Waals surface area contributed by atoms with Crippen LogP contribution in [0.15, 0.2) is 109 Å². The third kappa shape index (κ3) is 16.0. The van der Waals surface area contributed by atoms with E-state index in [-0.39, 0.29) is 24.3 Å². The zero-order chi connectivity index (χ0) is 53.0. The summed E-state index contributed by atoms with van der Waals surface area (Å²) in [7, 11) is 0. The fourth-order valence-electron chi connectivity index (χ4n) is 9.89. The second kappa shape index (κ2) is 25.3. The number of carboxylic acid groups (broad SMARTS) is 1. The van der Waals surface area contributed by atoms with E-state index in [0.29, 0.717) is 67.2 Å². The topological polar surface area (TPSA) is 173 Å². The van der Waals surface area contributed by atoms with E-state index in [0.717, 1.165) is 39.8 Å². The predicted octanol–water partition coefficient (Wildman–Crippen LogP) is 11.3. The van der Waals surface area contributed by atoms with E-state index in [1.807, 2.05) is 105 Å². The zero-order valence-corrected chi connectivity index (χ0v) is 44.1. The van der Waals surface area contributed by atoms with Crippen molar-refractivity contribution in [2.45, 2.75) is 181 Å². The molecule has 2 fully saturated rings. The largest absolute Gasteiger partial charge is 0.478 e. The number of cyclic esters (lactones) is 1. The molecule has 2 unspecified atom stereocenters. The van der Waals surface area contributed by atoms with Gasteiger partial charge in [0.15, 0.2) is 11.6 Å². The van der Waals surface area contributed by atoms with Crippen molar-refractivity contribution in [1.82, 2.24) is 0 Å².